The fraction of sp³-hybridized carbons (Fsp3) is 0.976. The molecule has 7 unspecified atom stereocenters. The van der Waals surface area contributed by atoms with Crippen molar-refractivity contribution < 1.29 is 51.8 Å². The number of hydrogen-bond donors (Lipinski definition) is 6. The SMILES string of the molecule is CCCCCCCCCCCCCCCCCCC(O)C(COC1OC(CO)C(O)C(OS(=O)(=O)O)C1O)NC(=O)CCCCCCCCCCCCCC. The molecule has 0 saturated carbocycles. The molecule has 7 atom stereocenters. The maximum Gasteiger partial charge on any atom is 0.397 e. The summed E-state index contributed by atoms with van der Waals surface area (Å²) in [6, 6.07) is -0.850. The van der Waals surface area contributed by atoms with Crippen molar-refractivity contribution in [3.05, 3.63) is 0 Å². The Hall–Kier alpha value is -0.900. The van der Waals surface area contributed by atoms with Gasteiger partial charge in [-0.05, 0) is 12.8 Å². The molecule has 1 aliphatic heterocycles. The lowest BCUT2D eigenvalue weighted by molar-refractivity contribution is -0.298. The van der Waals surface area contributed by atoms with Crippen LogP contribution in [0, 0.1) is 0 Å². The van der Waals surface area contributed by atoms with E-state index in [1.165, 1.54) is 128 Å². The number of carbonyl (C=O) groups is 1. The Morgan fingerprint density at radius 3 is 1.45 bits per heavy atom. The Kier molecular flexibility index (Phi) is 32.2. The first kappa shape index (κ1) is 52.1. The molecule has 6 N–H and O–H groups in total. The van der Waals surface area contributed by atoms with Crippen molar-refractivity contribution in [2.24, 2.45) is 0 Å². The third-order valence-corrected chi connectivity index (χ3v) is 11.4. The third-order valence-electron chi connectivity index (χ3n) is 10.9. The first-order chi connectivity index (χ1) is 26.5. The molecule has 1 rings (SSSR count). The summed E-state index contributed by atoms with van der Waals surface area (Å²) in [7, 11) is -5.07. The lowest BCUT2D eigenvalue weighted by Gasteiger charge is -2.41. The van der Waals surface area contributed by atoms with Crippen molar-refractivity contribution in [3.63, 3.8) is 0 Å². The van der Waals surface area contributed by atoms with Crippen LogP contribution in [0.5, 0.6) is 0 Å². The van der Waals surface area contributed by atoms with Gasteiger partial charge < -0.3 is 35.2 Å². The highest BCUT2D eigenvalue weighted by atomic mass is 32.3. The van der Waals surface area contributed by atoms with Crippen LogP contribution in [0.1, 0.15) is 206 Å². The van der Waals surface area contributed by atoms with E-state index in [0.717, 1.165) is 51.4 Å². The summed E-state index contributed by atoms with van der Waals surface area (Å²) in [5, 5.41) is 44.8. The molecule has 0 aromatic carbocycles. The van der Waals surface area contributed by atoms with E-state index in [1.54, 1.807) is 0 Å². The van der Waals surface area contributed by atoms with Crippen LogP contribution in [0.4, 0.5) is 0 Å². The largest absolute Gasteiger partial charge is 0.397 e. The number of hydrogen-bond acceptors (Lipinski definition) is 10. The van der Waals surface area contributed by atoms with Gasteiger partial charge in [-0.3, -0.25) is 9.35 Å². The average Bonchev–Trinajstić information content (AvgIpc) is 3.15. The van der Waals surface area contributed by atoms with E-state index in [-0.39, 0.29) is 12.5 Å². The molecule has 12 nitrogen and oxygen atoms in total. The molecular weight excluding hydrogens is 727 g/mol. The number of rotatable bonds is 38. The van der Waals surface area contributed by atoms with Crippen molar-refractivity contribution >= 4 is 16.3 Å². The predicted molar refractivity (Wildman–Crippen MR) is 218 cm³/mol. The number of carbonyl (C=O) groups excluding carboxylic acids is 1. The van der Waals surface area contributed by atoms with Crippen LogP contribution < -0.4 is 5.32 Å². The van der Waals surface area contributed by atoms with Crippen molar-refractivity contribution in [3.8, 4) is 0 Å². The van der Waals surface area contributed by atoms with Gasteiger partial charge in [-0.1, -0.05) is 187 Å². The number of aliphatic hydroxyl groups is 4. The molecule has 1 heterocycles. The number of unbranched alkanes of at least 4 members (excludes halogenated alkanes) is 26. The molecule has 0 aliphatic carbocycles. The maximum absolute atomic E-state index is 13.0. The van der Waals surface area contributed by atoms with Gasteiger partial charge in [0.15, 0.2) is 6.29 Å². The zero-order valence-corrected chi connectivity index (χ0v) is 35.6. The van der Waals surface area contributed by atoms with E-state index in [4.69, 9.17) is 14.0 Å². The summed E-state index contributed by atoms with van der Waals surface area (Å²) < 4.78 is 47.6. The first-order valence-corrected chi connectivity index (χ1v) is 23.8. The van der Waals surface area contributed by atoms with Gasteiger partial charge in [-0.25, -0.2) is 4.18 Å². The molecule has 0 aromatic heterocycles. The van der Waals surface area contributed by atoms with Crippen LogP contribution in [0.25, 0.3) is 0 Å². The van der Waals surface area contributed by atoms with Crippen molar-refractivity contribution in [2.75, 3.05) is 13.2 Å². The zero-order chi connectivity index (χ0) is 40.6. The van der Waals surface area contributed by atoms with Gasteiger partial charge in [0.1, 0.15) is 24.4 Å². The molecule has 0 aromatic rings. The molecule has 13 heteroatoms. The van der Waals surface area contributed by atoms with Crippen molar-refractivity contribution in [1.82, 2.24) is 5.32 Å². The molecule has 1 aliphatic rings. The van der Waals surface area contributed by atoms with Crippen LogP contribution in [0.3, 0.4) is 0 Å². The Morgan fingerprint density at radius 2 is 1.05 bits per heavy atom. The topological polar surface area (TPSA) is 192 Å². The molecular formula is C42H83NO11S. The van der Waals surface area contributed by atoms with Crippen molar-refractivity contribution in [1.29, 1.82) is 0 Å². The smallest absolute Gasteiger partial charge is 0.394 e. The lowest BCUT2D eigenvalue weighted by Crippen LogP contribution is -2.61. The zero-order valence-electron chi connectivity index (χ0n) is 34.8. The lowest BCUT2D eigenvalue weighted by atomic mass is 9.99. The normalized spacial score (nSPS) is 21.5. The molecule has 55 heavy (non-hydrogen) atoms. The molecule has 1 amide bonds. The Balaban J connectivity index is 2.51. The van der Waals surface area contributed by atoms with E-state index in [9.17, 15) is 33.6 Å². The van der Waals surface area contributed by atoms with Gasteiger partial charge in [0, 0.05) is 6.42 Å². The van der Waals surface area contributed by atoms with Crippen LogP contribution in [-0.2, 0) is 28.9 Å². The molecule has 0 bridgehead atoms. The van der Waals surface area contributed by atoms with E-state index in [2.05, 4.69) is 23.3 Å². The molecule has 1 saturated heterocycles. The summed E-state index contributed by atoms with van der Waals surface area (Å²) in [5.41, 5.74) is 0. The molecule has 328 valence electrons. The highest BCUT2D eigenvalue weighted by Gasteiger charge is 2.48. The highest BCUT2D eigenvalue weighted by molar-refractivity contribution is 7.80. The van der Waals surface area contributed by atoms with E-state index in [0.29, 0.717) is 12.8 Å². The van der Waals surface area contributed by atoms with E-state index in [1.807, 2.05) is 0 Å². The number of nitrogens with one attached hydrogen (secondary N) is 1. The Morgan fingerprint density at radius 1 is 0.655 bits per heavy atom. The fourth-order valence-electron chi connectivity index (χ4n) is 7.40. The van der Waals surface area contributed by atoms with Gasteiger partial charge >= 0.3 is 10.4 Å². The van der Waals surface area contributed by atoms with E-state index >= 15 is 0 Å². The molecule has 0 spiro atoms. The van der Waals surface area contributed by atoms with Crippen molar-refractivity contribution in [2.45, 2.75) is 249 Å². The van der Waals surface area contributed by atoms with Crippen LogP contribution in [0.15, 0.2) is 0 Å². The third kappa shape index (κ3) is 27.4. The quantitative estimate of drug-likeness (QED) is 0.0260. The summed E-state index contributed by atoms with van der Waals surface area (Å²) in [6.45, 7) is 3.44. The number of ether oxygens (including phenoxy) is 2. The number of amides is 1. The first-order valence-electron chi connectivity index (χ1n) is 22.4. The maximum atomic E-state index is 13.0. The summed E-state index contributed by atoms with van der Waals surface area (Å²) in [6.07, 6.45) is 25.3. The minimum absolute atomic E-state index is 0.229. The monoisotopic (exact) mass is 810 g/mol. The predicted octanol–water partition coefficient (Wildman–Crippen LogP) is 8.22. The number of aliphatic hydroxyl groups excluding tert-OH is 4. The second-order valence-corrected chi connectivity index (χ2v) is 17.0. The molecule has 1 fully saturated rings. The second-order valence-electron chi connectivity index (χ2n) is 16.0. The average molecular weight is 810 g/mol. The van der Waals surface area contributed by atoms with Crippen LogP contribution in [0.2, 0.25) is 0 Å². The summed E-state index contributed by atoms with van der Waals surface area (Å²) in [4.78, 5) is 13.0. The Labute approximate surface area is 335 Å². The molecule has 0 radical (unpaired) electrons. The second kappa shape index (κ2) is 34.0. The van der Waals surface area contributed by atoms with Gasteiger partial charge in [0.05, 0.1) is 25.4 Å². The van der Waals surface area contributed by atoms with Crippen LogP contribution in [-0.4, -0.2) is 95.4 Å². The summed E-state index contributed by atoms with van der Waals surface area (Å²) in [5.74, 6) is -0.229. The Bertz CT molecular complexity index is 1000. The minimum atomic E-state index is -5.07. The van der Waals surface area contributed by atoms with Gasteiger partial charge in [0.25, 0.3) is 0 Å². The minimum Gasteiger partial charge on any atom is -0.394 e. The summed E-state index contributed by atoms with van der Waals surface area (Å²) >= 11 is 0. The van der Waals surface area contributed by atoms with Gasteiger partial charge in [-0.15, -0.1) is 0 Å². The standard InChI is InChI=1S/C42H83NO11S/c1-3-5-7-9-11-13-15-17-18-19-20-21-23-25-27-29-31-36(45)35(43-38(46)32-30-28-26-24-22-16-14-12-10-8-6-4-2)34-52-42-40(48)41(54-55(49,50)51)39(47)37(33-44)53-42/h35-37,39-42,44-45,47-48H,3-34H2,1-2H3,(H,43,46)(H,49,50,51). The van der Waals surface area contributed by atoms with Crippen LogP contribution >= 0.6 is 0 Å². The van der Waals surface area contributed by atoms with Gasteiger partial charge in [-0.2, -0.15) is 8.42 Å². The van der Waals surface area contributed by atoms with Gasteiger partial charge in [0.2, 0.25) is 5.91 Å². The fourth-order valence-corrected chi connectivity index (χ4v) is 7.91. The highest BCUT2D eigenvalue weighted by Crippen LogP contribution is 2.26. The van der Waals surface area contributed by atoms with E-state index < -0.39 is 59.9 Å².